The number of nitrogens with one attached hydrogen (secondary N) is 1. The standard InChI is InChI=1S/C17H22ClN3O3/c1-3-21-15(8-9-19-21)14(16(24-2)11-17(22)20-23)10-12-4-6-13(18)7-5-12/h4-9,14,16,23H,3,10-11H2,1-2H3,(H,20,22). The largest absolute Gasteiger partial charge is 0.380 e. The van der Waals surface area contributed by atoms with Crippen molar-refractivity contribution in [2.75, 3.05) is 7.11 Å². The first-order valence-electron chi connectivity index (χ1n) is 7.80. The molecule has 6 nitrogen and oxygen atoms in total. The van der Waals surface area contributed by atoms with E-state index in [9.17, 15) is 4.79 Å². The van der Waals surface area contributed by atoms with E-state index in [1.165, 1.54) is 0 Å². The minimum Gasteiger partial charge on any atom is -0.380 e. The Kier molecular flexibility index (Phi) is 6.78. The summed E-state index contributed by atoms with van der Waals surface area (Å²) in [5, 5.41) is 13.8. The average Bonchev–Trinajstić information content (AvgIpc) is 3.07. The summed E-state index contributed by atoms with van der Waals surface area (Å²) < 4.78 is 7.46. The molecule has 2 atom stereocenters. The van der Waals surface area contributed by atoms with Gasteiger partial charge in [0.1, 0.15) is 0 Å². The molecule has 0 aliphatic rings. The Bertz CT molecular complexity index is 657. The van der Waals surface area contributed by atoms with Gasteiger partial charge in [0.15, 0.2) is 0 Å². The maximum atomic E-state index is 11.6. The lowest BCUT2D eigenvalue weighted by Gasteiger charge is -2.26. The zero-order valence-electron chi connectivity index (χ0n) is 13.8. The maximum Gasteiger partial charge on any atom is 0.245 e. The summed E-state index contributed by atoms with van der Waals surface area (Å²) >= 11 is 5.95. The van der Waals surface area contributed by atoms with Gasteiger partial charge in [-0.1, -0.05) is 23.7 Å². The molecule has 0 radical (unpaired) electrons. The van der Waals surface area contributed by atoms with E-state index in [0.717, 1.165) is 17.8 Å². The molecule has 1 aromatic heterocycles. The first kappa shape index (κ1) is 18.4. The molecule has 1 amide bonds. The van der Waals surface area contributed by atoms with E-state index in [0.29, 0.717) is 11.4 Å². The van der Waals surface area contributed by atoms with Gasteiger partial charge in [-0.3, -0.25) is 14.7 Å². The highest BCUT2D eigenvalue weighted by Gasteiger charge is 2.28. The second-order valence-corrected chi connectivity index (χ2v) is 5.96. The molecule has 2 unspecified atom stereocenters. The number of ether oxygens (including phenoxy) is 1. The van der Waals surface area contributed by atoms with Gasteiger partial charge in [-0.05, 0) is 37.1 Å². The van der Waals surface area contributed by atoms with Crippen LogP contribution in [0, 0.1) is 0 Å². The lowest BCUT2D eigenvalue weighted by Crippen LogP contribution is -2.32. The number of amides is 1. The van der Waals surface area contributed by atoms with Gasteiger partial charge in [-0.25, -0.2) is 5.48 Å². The topological polar surface area (TPSA) is 76.4 Å². The van der Waals surface area contributed by atoms with Gasteiger partial charge < -0.3 is 4.74 Å². The Hall–Kier alpha value is -1.89. The smallest absolute Gasteiger partial charge is 0.245 e. The number of rotatable bonds is 8. The van der Waals surface area contributed by atoms with E-state index in [1.807, 2.05) is 41.9 Å². The summed E-state index contributed by atoms with van der Waals surface area (Å²) in [6, 6.07) is 9.54. The van der Waals surface area contributed by atoms with Crippen molar-refractivity contribution >= 4 is 17.5 Å². The molecule has 2 aromatic rings. The summed E-state index contributed by atoms with van der Waals surface area (Å²) in [7, 11) is 1.57. The van der Waals surface area contributed by atoms with Crippen LogP contribution in [0.4, 0.5) is 0 Å². The van der Waals surface area contributed by atoms with Gasteiger partial charge in [0.2, 0.25) is 5.91 Å². The summed E-state index contributed by atoms with van der Waals surface area (Å²) in [6.07, 6.45) is 2.07. The van der Waals surface area contributed by atoms with Crippen LogP contribution in [0.3, 0.4) is 0 Å². The van der Waals surface area contributed by atoms with E-state index in [1.54, 1.807) is 18.8 Å². The van der Waals surface area contributed by atoms with E-state index < -0.39 is 12.0 Å². The fraction of sp³-hybridized carbons (Fsp3) is 0.412. The van der Waals surface area contributed by atoms with Crippen LogP contribution in [-0.4, -0.2) is 34.1 Å². The maximum absolute atomic E-state index is 11.6. The zero-order valence-corrected chi connectivity index (χ0v) is 14.5. The van der Waals surface area contributed by atoms with Gasteiger partial charge in [0.05, 0.1) is 12.5 Å². The third-order valence-corrected chi connectivity index (χ3v) is 4.31. The third-order valence-electron chi connectivity index (χ3n) is 4.06. The van der Waals surface area contributed by atoms with Crippen molar-refractivity contribution in [2.24, 2.45) is 0 Å². The van der Waals surface area contributed by atoms with Crippen molar-refractivity contribution in [3.05, 3.63) is 52.8 Å². The summed E-state index contributed by atoms with van der Waals surface area (Å²) in [5.74, 6) is -0.568. The van der Waals surface area contributed by atoms with Crippen molar-refractivity contribution in [1.29, 1.82) is 0 Å². The molecule has 0 saturated carbocycles. The molecule has 0 aliphatic carbocycles. The molecule has 0 bridgehead atoms. The van der Waals surface area contributed by atoms with Gasteiger partial charge in [0.25, 0.3) is 0 Å². The SMILES string of the molecule is CCn1nccc1C(Cc1ccc(Cl)cc1)C(CC(=O)NO)OC. The van der Waals surface area contributed by atoms with Crippen molar-refractivity contribution < 1.29 is 14.7 Å². The van der Waals surface area contributed by atoms with E-state index in [4.69, 9.17) is 21.5 Å². The second-order valence-electron chi connectivity index (χ2n) is 5.52. The molecule has 0 aliphatic heterocycles. The molecule has 0 spiro atoms. The molecule has 1 heterocycles. The Morgan fingerprint density at radius 3 is 2.67 bits per heavy atom. The third kappa shape index (κ3) is 4.56. The number of hydrogen-bond donors (Lipinski definition) is 2. The highest BCUT2D eigenvalue weighted by Crippen LogP contribution is 2.28. The Morgan fingerprint density at radius 2 is 2.08 bits per heavy atom. The number of benzene rings is 1. The van der Waals surface area contributed by atoms with Gasteiger partial charge in [-0.15, -0.1) is 0 Å². The molecular formula is C17H22ClN3O3. The molecule has 1 aromatic carbocycles. The molecular weight excluding hydrogens is 330 g/mol. The van der Waals surface area contributed by atoms with Crippen LogP contribution in [0.25, 0.3) is 0 Å². The predicted octanol–water partition coefficient (Wildman–Crippen LogP) is 2.79. The highest BCUT2D eigenvalue weighted by atomic mass is 35.5. The van der Waals surface area contributed by atoms with Crippen LogP contribution in [0.15, 0.2) is 36.5 Å². The quantitative estimate of drug-likeness (QED) is 0.566. The van der Waals surface area contributed by atoms with E-state index >= 15 is 0 Å². The van der Waals surface area contributed by atoms with Crippen LogP contribution in [0.5, 0.6) is 0 Å². The minimum absolute atomic E-state index is 0.0557. The Morgan fingerprint density at radius 1 is 1.38 bits per heavy atom. The summed E-state index contributed by atoms with van der Waals surface area (Å²) in [4.78, 5) is 11.6. The number of halogens is 1. The van der Waals surface area contributed by atoms with Crippen molar-refractivity contribution in [3.8, 4) is 0 Å². The second kappa shape index (κ2) is 8.82. The fourth-order valence-electron chi connectivity index (χ4n) is 2.84. The van der Waals surface area contributed by atoms with Crippen LogP contribution >= 0.6 is 11.6 Å². The lowest BCUT2D eigenvalue weighted by molar-refractivity contribution is -0.132. The number of carbonyl (C=O) groups is 1. The van der Waals surface area contributed by atoms with Crippen molar-refractivity contribution in [1.82, 2.24) is 15.3 Å². The summed E-state index contributed by atoms with van der Waals surface area (Å²) in [5.41, 5.74) is 3.74. The first-order chi connectivity index (χ1) is 11.6. The number of aromatic nitrogens is 2. The molecule has 130 valence electrons. The van der Waals surface area contributed by atoms with Gasteiger partial charge in [-0.2, -0.15) is 5.10 Å². The number of carbonyl (C=O) groups excluding carboxylic acids is 1. The fourth-order valence-corrected chi connectivity index (χ4v) is 2.97. The molecule has 2 N–H and O–H groups in total. The highest BCUT2D eigenvalue weighted by molar-refractivity contribution is 6.30. The number of hydrogen-bond acceptors (Lipinski definition) is 4. The van der Waals surface area contributed by atoms with E-state index in [-0.39, 0.29) is 12.3 Å². The van der Waals surface area contributed by atoms with Crippen molar-refractivity contribution in [2.45, 2.75) is 38.3 Å². The zero-order chi connectivity index (χ0) is 17.5. The normalized spacial score (nSPS) is 13.5. The number of hydroxylamine groups is 1. The average molecular weight is 352 g/mol. The van der Waals surface area contributed by atoms with Crippen LogP contribution in [0.1, 0.15) is 30.5 Å². The number of nitrogens with zero attached hydrogens (tertiary/aromatic N) is 2. The molecule has 24 heavy (non-hydrogen) atoms. The minimum atomic E-state index is -0.481. The molecule has 0 fully saturated rings. The molecule has 7 heteroatoms. The lowest BCUT2D eigenvalue weighted by atomic mass is 9.89. The Balaban J connectivity index is 2.32. The van der Waals surface area contributed by atoms with Gasteiger partial charge >= 0.3 is 0 Å². The van der Waals surface area contributed by atoms with E-state index in [2.05, 4.69) is 5.10 Å². The monoisotopic (exact) mass is 351 g/mol. The molecule has 2 rings (SSSR count). The summed E-state index contributed by atoms with van der Waals surface area (Å²) in [6.45, 7) is 2.74. The van der Waals surface area contributed by atoms with Gasteiger partial charge in [0, 0.05) is 36.5 Å². The van der Waals surface area contributed by atoms with Crippen molar-refractivity contribution in [3.63, 3.8) is 0 Å². The van der Waals surface area contributed by atoms with Crippen LogP contribution in [0.2, 0.25) is 5.02 Å². The number of methoxy groups -OCH3 is 1. The first-order valence-corrected chi connectivity index (χ1v) is 8.18. The number of aryl methyl sites for hydroxylation is 1. The van der Waals surface area contributed by atoms with Crippen LogP contribution < -0.4 is 5.48 Å². The Labute approximate surface area is 146 Å². The molecule has 0 saturated heterocycles. The van der Waals surface area contributed by atoms with Crippen LogP contribution in [-0.2, 0) is 22.5 Å². The predicted molar refractivity (Wildman–Crippen MR) is 91.1 cm³/mol.